The van der Waals surface area contributed by atoms with Crippen LogP contribution in [-0.4, -0.2) is 57.7 Å². The highest BCUT2D eigenvalue weighted by atomic mass is 32.2. The van der Waals surface area contributed by atoms with Gasteiger partial charge in [0.2, 0.25) is 5.52 Å². The van der Waals surface area contributed by atoms with Crippen molar-refractivity contribution in [1.29, 1.82) is 0 Å². The average Bonchev–Trinajstić information content (AvgIpc) is 3.31. The van der Waals surface area contributed by atoms with Gasteiger partial charge in [-0.05, 0) is 18.2 Å². The Morgan fingerprint density at radius 2 is 2.16 bits per heavy atom. The van der Waals surface area contributed by atoms with E-state index in [0.717, 1.165) is 27.1 Å². The lowest BCUT2D eigenvalue weighted by Crippen LogP contribution is -2.71. The van der Waals surface area contributed by atoms with Crippen LogP contribution in [0.3, 0.4) is 0 Å². The number of β-lactam (4-membered cyclic amide) rings is 1. The van der Waals surface area contributed by atoms with Crippen molar-refractivity contribution in [3.05, 3.63) is 58.9 Å². The van der Waals surface area contributed by atoms with Crippen molar-refractivity contribution in [2.75, 3.05) is 24.3 Å². The van der Waals surface area contributed by atoms with Gasteiger partial charge >= 0.3 is 0 Å². The third kappa shape index (κ3) is 4.44. The largest absolute Gasteiger partial charge is 0.543 e. The molecule has 0 bridgehead atoms. The van der Waals surface area contributed by atoms with E-state index in [1.54, 1.807) is 11.4 Å². The lowest BCUT2D eigenvalue weighted by Gasteiger charge is -2.50. The number of oxime groups is 1. The molecule has 14 heteroatoms. The second-order valence-electron chi connectivity index (χ2n) is 8.25. The highest BCUT2D eigenvalue weighted by Gasteiger charge is 2.53. The van der Waals surface area contributed by atoms with Crippen molar-refractivity contribution in [2.45, 2.75) is 18.0 Å². The Morgan fingerprint density at radius 3 is 2.86 bits per heavy atom. The number of pyridine rings is 1. The first-order chi connectivity index (χ1) is 17.8. The molecule has 37 heavy (non-hydrogen) atoms. The number of thiazole rings is 1. The molecule has 2 aromatic heterocycles. The van der Waals surface area contributed by atoms with E-state index in [9.17, 15) is 19.5 Å². The fraction of sp³-hybridized carbons (Fsp3) is 0.217. The normalized spacial score (nSPS) is 19.4. The van der Waals surface area contributed by atoms with E-state index in [0.29, 0.717) is 17.0 Å². The molecule has 0 aliphatic carbocycles. The van der Waals surface area contributed by atoms with Crippen LogP contribution in [0.2, 0.25) is 0 Å². The summed E-state index contributed by atoms with van der Waals surface area (Å²) in [7, 11) is 1.27. The Kier molecular flexibility index (Phi) is 6.43. The van der Waals surface area contributed by atoms with E-state index in [1.807, 2.05) is 35.0 Å². The molecular weight excluding hydrogens is 518 g/mol. The lowest BCUT2D eigenvalue weighted by atomic mass is 10.0. The fourth-order valence-electron chi connectivity index (χ4n) is 4.32. The number of anilines is 2. The number of amides is 2. The summed E-state index contributed by atoms with van der Waals surface area (Å²) in [6.45, 7) is 0.223. The van der Waals surface area contributed by atoms with E-state index >= 15 is 0 Å². The van der Waals surface area contributed by atoms with Gasteiger partial charge in [0, 0.05) is 39.9 Å². The second-order valence-corrected chi connectivity index (χ2v) is 10.2. The van der Waals surface area contributed by atoms with Crippen LogP contribution in [0.4, 0.5) is 10.8 Å². The molecule has 3 aromatic rings. The fourth-order valence-corrected chi connectivity index (χ4v) is 6.20. The van der Waals surface area contributed by atoms with Crippen LogP contribution in [-0.2, 0) is 25.8 Å². The zero-order chi connectivity index (χ0) is 26.3. The Labute approximate surface area is 218 Å². The van der Waals surface area contributed by atoms with Gasteiger partial charge in [-0.3, -0.25) is 14.5 Å². The van der Waals surface area contributed by atoms with Crippen LogP contribution in [0.15, 0.2) is 58.3 Å². The Hall–Kier alpha value is -4.17. The number of aliphatic carboxylic acids is 1. The first kappa shape index (κ1) is 24.5. The van der Waals surface area contributed by atoms with Crippen LogP contribution >= 0.6 is 23.1 Å². The number of aromatic nitrogens is 2. The number of nitrogens with zero attached hydrogens (tertiary/aromatic N) is 4. The van der Waals surface area contributed by atoms with Gasteiger partial charge in [-0.15, -0.1) is 23.1 Å². The maximum absolute atomic E-state index is 13.1. The number of carboxylic acids is 1. The molecule has 0 saturated carbocycles. The van der Waals surface area contributed by atoms with Gasteiger partial charge in [-0.1, -0.05) is 5.16 Å². The number of fused-ring (bicyclic) bond motifs is 2. The van der Waals surface area contributed by atoms with Crippen molar-refractivity contribution < 1.29 is 28.9 Å². The third-order valence-corrected chi connectivity index (χ3v) is 7.97. The van der Waals surface area contributed by atoms with E-state index < -0.39 is 29.2 Å². The minimum Gasteiger partial charge on any atom is -0.543 e. The van der Waals surface area contributed by atoms with Crippen molar-refractivity contribution in [3.63, 3.8) is 0 Å². The number of nitrogens with two attached hydrogens (primary N) is 2. The molecule has 12 nitrogen and oxygen atoms in total. The van der Waals surface area contributed by atoms with Gasteiger partial charge < -0.3 is 31.5 Å². The van der Waals surface area contributed by atoms with Crippen LogP contribution in [0.1, 0.15) is 5.69 Å². The number of rotatable bonds is 7. The van der Waals surface area contributed by atoms with Crippen molar-refractivity contribution in [3.8, 4) is 0 Å². The van der Waals surface area contributed by atoms with Crippen molar-refractivity contribution in [2.24, 2.45) is 5.16 Å². The maximum Gasteiger partial charge on any atom is 0.276 e. The number of carboxylic acid groups (broad SMARTS) is 1. The number of hydrogen-bond donors (Lipinski definition) is 3. The van der Waals surface area contributed by atoms with E-state index in [4.69, 9.17) is 16.3 Å². The molecular formula is C23H21N7O5S2. The highest BCUT2D eigenvalue weighted by molar-refractivity contribution is 8.00. The summed E-state index contributed by atoms with van der Waals surface area (Å²) in [6, 6.07) is 8.30. The summed E-state index contributed by atoms with van der Waals surface area (Å²) in [5.74, 6) is -2.40. The monoisotopic (exact) mass is 539 g/mol. The minimum absolute atomic E-state index is 0.148. The van der Waals surface area contributed by atoms with Crippen LogP contribution in [0, 0.1) is 0 Å². The zero-order valence-electron chi connectivity index (χ0n) is 19.4. The number of thioether (sulfide) groups is 1. The quantitative estimate of drug-likeness (QED) is 0.114. The third-order valence-electron chi connectivity index (χ3n) is 5.96. The molecule has 2 amide bonds. The molecule has 1 aromatic carbocycles. The van der Waals surface area contributed by atoms with E-state index in [1.165, 1.54) is 18.9 Å². The van der Waals surface area contributed by atoms with Crippen molar-refractivity contribution in [1.82, 2.24) is 15.2 Å². The van der Waals surface area contributed by atoms with Crippen molar-refractivity contribution >= 4 is 68.3 Å². The summed E-state index contributed by atoms with van der Waals surface area (Å²) < 4.78 is 1.88. The van der Waals surface area contributed by atoms with Gasteiger partial charge in [0.25, 0.3) is 11.8 Å². The Morgan fingerprint density at radius 1 is 1.35 bits per heavy atom. The van der Waals surface area contributed by atoms with Crippen LogP contribution < -0.4 is 26.5 Å². The molecule has 5 N–H and O–H groups in total. The topological polar surface area (TPSA) is 180 Å². The maximum atomic E-state index is 13.1. The first-order valence-corrected chi connectivity index (χ1v) is 12.9. The molecule has 2 atom stereocenters. The molecule has 2 aliphatic heterocycles. The van der Waals surface area contributed by atoms with Crippen LogP contribution in [0.25, 0.3) is 10.9 Å². The molecule has 190 valence electrons. The van der Waals surface area contributed by atoms with E-state index in [-0.39, 0.29) is 28.8 Å². The summed E-state index contributed by atoms with van der Waals surface area (Å²) in [5, 5.41) is 20.6. The number of carbonyl (C=O) groups is 3. The number of benzene rings is 1. The summed E-state index contributed by atoms with van der Waals surface area (Å²) in [6.07, 6.45) is 1.82. The zero-order valence-corrected chi connectivity index (χ0v) is 21.0. The minimum atomic E-state index is -1.46. The number of nitrogens with one attached hydrogen (secondary N) is 1. The van der Waals surface area contributed by atoms with Crippen LogP contribution in [0.5, 0.6) is 0 Å². The number of nitrogen functional groups attached to an aromatic ring is 2. The Bertz CT molecular complexity index is 1500. The second kappa shape index (κ2) is 9.71. The lowest BCUT2D eigenvalue weighted by molar-refractivity contribution is -0.663. The van der Waals surface area contributed by atoms with Gasteiger partial charge in [-0.25, -0.2) is 4.98 Å². The predicted octanol–water partition coefficient (Wildman–Crippen LogP) is -0.797. The SMILES string of the molecule is CON=C(C(=O)NC1C(=O)N2C(C(=O)[O-])=C(C[n+]3cccc4ccc(N)cc43)CS[C@@H]12)c1csc(N)n1. The molecule has 1 saturated heterocycles. The molecule has 0 radical (unpaired) electrons. The summed E-state index contributed by atoms with van der Waals surface area (Å²) in [4.78, 5) is 48.1. The van der Waals surface area contributed by atoms with E-state index in [2.05, 4.69) is 15.5 Å². The van der Waals surface area contributed by atoms with Gasteiger partial charge in [-0.2, -0.15) is 4.57 Å². The molecule has 5 rings (SSSR count). The summed E-state index contributed by atoms with van der Waals surface area (Å²) in [5.41, 5.74) is 13.4. The standard InChI is InChI=1S/C23H21N7O5S2/c1-35-28-16(14-10-37-23(25)26-14)19(31)27-17-20(32)30-18(22(33)34)12(9-36-21(17)30)8-29-6-2-3-11-4-5-13(24)7-15(11)29/h2-7,10,17,21,24H,8-9H2,1H3,(H4,25,26,27,31,33,34)/t17?,21-/m0/s1. The number of hydrogen-bond acceptors (Lipinski definition) is 11. The average molecular weight is 540 g/mol. The first-order valence-electron chi connectivity index (χ1n) is 11.0. The molecule has 0 spiro atoms. The molecule has 1 fully saturated rings. The molecule has 4 heterocycles. The van der Waals surface area contributed by atoms with Gasteiger partial charge in [0.1, 0.15) is 24.2 Å². The Balaban J connectivity index is 1.39. The van der Waals surface area contributed by atoms with Gasteiger partial charge in [0.05, 0.1) is 11.7 Å². The summed E-state index contributed by atoms with van der Waals surface area (Å²) >= 11 is 2.47. The highest BCUT2D eigenvalue weighted by Crippen LogP contribution is 2.40. The smallest absolute Gasteiger partial charge is 0.276 e. The van der Waals surface area contributed by atoms with Gasteiger partial charge in [0.15, 0.2) is 23.6 Å². The predicted molar refractivity (Wildman–Crippen MR) is 136 cm³/mol. The molecule has 1 unspecified atom stereocenters. The molecule has 2 aliphatic rings. The number of carbonyl (C=O) groups excluding carboxylic acids is 3.